The van der Waals surface area contributed by atoms with Crippen LogP contribution in [0.4, 0.5) is 0 Å². The fraction of sp³-hybridized carbons (Fsp3) is 0.714. The SMILES string of the molecule is c1cc(CNCCCCC2CCCC2)cs1. The number of thiophene rings is 1. The molecule has 0 amide bonds. The third-order valence-corrected chi connectivity index (χ3v) is 4.33. The molecule has 0 aromatic carbocycles. The molecule has 16 heavy (non-hydrogen) atoms. The van der Waals surface area contributed by atoms with Crippen LogP contribution < -0.4 is 5.32 Å². The predicted molar refractivity (Wildman–Crippen MR) is 71.8 cm³/mol. The molecule has 1 N–H and O–H groups in total. The smallest absolute Gasteiger partial charge is 0.0213 e. The van der Waals surface area contributed by atoms with Gasteiger partial charge in [0.1, 0.15) is 0 Å². The van der Waals surface area contributed by atoms with Crippen LogP contribution in [0, 0.1) is 5.92 Å². The van der Waals surface area contributed by atoms with Crippen molar-refractivity contribution in [1.29, 1.82) is 0 Å². The van der Waals surface area contributed by atoms with Crippen LogP contribution in [0.25, 0.3) is 0 Å². The molecule has 0 bridgehead atoms. The zero-order valence-electron chi connectivity index (χ0n) is 10.1. The van der Waals surface area contributed by atoms with Gasteiger partial charge in [0.2, 0.25) is 0 Å². The first kappa shape index (κ1) is 12.1. The highest BCUT2D eigenvalue weighted by Gasteiger charge is 2.13. The summed E-state index contributed by atoms with van der Waals surface area (Å²) in [5.41, 5.74) is 1.43. The summed E-state index contributed by atoms with van der Waals surface area (Å²) < 4.78 is 0. The first-order valence-corrected chi connectivity index (χ1v) is 7.61. The van der Waals surface area contributed by atoms with Crippen LogP contribution in [-0.4, -0.2) is 6.54 Å². The van der Waals surface area contributed by atoms with Gasteiger partial charge in [-0.1, -0.05) is 38.5 Å². The molecule has 1 fully saturated rings. The summed E-state index contributed by atoms with van der Waals surface area (Å²) in [6, 6.07) is 2.20. The average molecular weight is 237 g/mol. The second kappa shape index (κ2) is 7.08. The molecule has 0 unspecified atom stereocenters. The van der Waals surface area contributed by atoms with Gasteiger partial charge >= 0.3 is 0 Å². The quantitative estimate of drug-likeness (QED) is 0.701. The summed E-state index contributed by atoms with van der Waals surface area (Å²) >= 11 is 1.78. The van der Waals surface area contributed by atoms with E-state index in [1.165, 1.54) is 57.1 Å². The zero-order valence-corrected chi connectivity index (χ0v) is 10.9. The molecular weight excluding hydrogens is 214 g/mol. The molecule has 2 rings (SSSR count). The molecule has 90 valence electrons. The van der Waals surface area contributed by atoms with E-state index in [2.05, 4.69) is 22.1 Å². The molecule has 1 nitrogen and oxygen atoms in total. The van der Waals surface area contributed by atoms with Gasteiger partial charge in [0, 0.05) is 6.54 Å². The molecule has 1 aromatic rings. The minimum atomic E-state index is 1.05. The normalized spacial score (nSPS) is 17.0. The molecule has 1 saturated carbocycles. The zero-order chi connectivity index (χ0) is 11.1. The van der Waals surface area contributed by atoms with Crippen molar-refractivity contribution >= 4 is 11.3 Å². The van der Waals surface area contributed by atoms with Gasteiger partial charge in [-0.15, -0.1) is 0 Å². The molecule has 2 heteroatoms. The fourth-order valence-corrected chi connectivity index (χ4v) is 3.28. The number of rotatable bonds is 7. The Hall–Kier alpha value is -0.340. The second-order valence-electron chi connectivity index (χ2n) is 4.95. The Morgan fingerprint density at radius 3 is 2.88 bits per heavy atom. The maximum Gasteiger partial charge on any atom is 0.0213 e. The minimum absolute atomic E-state index is 1.05. The average Bonchev–Trinajstić information content (AvgIpc) is 2.96. The Kier molecular flexibility index (Phi) is 5.36. The van der Waals surface area contributed by atoms with E-state index in [0.717, 1.165) is 12.5 Å². The van der Waals surface area contributed by atoms with E-state index in [4.69, 9.17) is 0 Å². The first-order chi connectivity index (χ1) is 7.95. The van der Waals surface area contributed by atoms with E-state index in [1.54, 1.807) is 11.3 Å². The van der Waals surface area contributed by atoms with E-state index in [-0.39, 0.29) is 0 Å². The topological polar surface area (TPSA) is 12.0 Å². The highest BCUT2D eigenvalue weighted by Crippen LogP contribution is 2.28. The third-order valence-electron chi connectivity index (χ3n) is 3.60. The van der Waals surface area contributed by atoms with Gasteiger partial charge in [-0.05, 0) is 41.3 Å². The Bertz CT molecular complexity index is 262. The monoisotopic (exact) mass is 237 g/mol. The molecule has 1 aromatic heterocycles. The summed E-state index contributed by atoms with van der Waals surface area (Å²) in [6.07, 6.45) is 10.2. The van der Waals surface area contributed by atoms with Gasteiger partial charge in [-0.25, -0.2) is 0 Å². The molecular formula is C14H23NS. The van der Waals surface area contributed by atoms with Gasteiger partial charge in [-0.2, -0.15) is 11.3 Å². The molecule has 0 radical (unpaired) electrons. The standard InChI is InChI=1S/C14H23NS/c1-2-6-13(5-1)7-3-4-9-15-11-14-8-10-16-12-14/h8,10,12-13,15H,1-7,9,11H2. The van der Waals surface area contributed by atoms with E-state index in [9.17, 15) is 0 Å². The van der Waals surface area contributed by atoms with E-state index in [1.807, 2.05) is 0 Å². The first-order valence-electron chi connectivity index (χ1n) is 6.67. The summed E-state index contributed by atoms with van der Waals surface area (Å²) in [5, 5.41) is 7.90. The highest BCUT2D eigenvalue weighted by molar-refractivity contribution is 7.07. The highest BCUT2D eigenvalue weighted by atomic mass is 32.1. The van der Waals surface area contributed by atoms with E-state index >= 15 is 0 Å². The molecule has 0 saturated heterocycles. The molecule has 1 aliphatic carbocycles. The Morgan fingerprint density at radius 1 is 1.25 bits per heavy atom. The lowest BCUT2D eigenvalue weighted by molar-refractivity contribution is 0.466. The summed E-state index contributed by atoms with van der Waals surface area (Å²) in [5.74, 6) is 1.07. The van der Waals surface area contributed by atoms with Gasteiger partial charge in [0.15, 0.2) is 0 Å². The van der Waals surface area contributed by atoms with Crippen molar-refractivity contribution in [3.63, 3.8) is 0 Å². The van der Waals surface area contributed by atoms with Crippen molar-refractivity contribution < 1.29 is 0 Å². The van der Waals surface area contributed by atoms with Crippen molar-refractivity contribution in [3.8, 4) is 0 Å². The molecule has 0 spiro atoms. The third kappa shape index (κ3) is 4.26. The Morgan fingerprint density at radius 2 is 2.12 bits per heavy atom. The molecule has 0 aliphatic heterocycles. The number of unbranched alkanes of at least 4 members (excludes halogenated alkanes) is 1. The lowest BCUT2D eigenvalue weighted by atomic mass is 10.0. The van der Waals surface area contributed by atoms with Crippen LogP contribution in [0.5, 0.6) is 0 Å². The van der Waals surface area contributed by atoms with Crippen LogP contribution in [0.3, 0.4) is 0 Å². The van der Waals surface area contributed by atoms with Gasteiger partial charge < -0.3 is 5.32 Å². The molecule has 0 atom stereocenters. The fourth-order valence-electron chi connectivity index (χ4n) is 2.61. The summed E-state index contributed by atoms with van der Waals surface area (Å²) in [6.45, 7) is 2.23. The van der Waals surface area contributed by atoms with E-state index in [0.29, 0.717) is 0 Å². The lowest BCUT2D eigenvalue weighted by Gasteiger charge is -2.08. The van der Waals surface area contributed by atoms with Crippen molar-refractivity contribution in [2.45, 2.75) is 51.5 Å². The van der Waals surface area contributed by atoms with Crippen molar-refractivity contribution in [3.05, 3.63) is 22.4 Å². The second-order valence-corrected chi connectivity index (χ2v) is 5.73. The number of hydrogen-bond donors (Lipinski definition) is 1. The maximum atomic E-state index is 3.52. The minimum Gasteiger partial charge on any atom is -0.313 e. The number of hydrogen-bond acceptors (Lipinski definition) is 2. The Balaban J connectivity index is 1.43. The molecule has 1 heterocycles. The lowest BCUT2D eigenvalue weighted by Crippen LogP contribution is -2.14. The summed E-state index contributed by atoms with van der Waals surface area (Å²) in [7, 11) is 0. The predicted octanol–water partition coefficient (Wildman–Crippen LogP) is 4.20. The molecule has 1 aliphatic rings. The van der Waals surface area contributed by atoms with Crippen LogP contribution in [0.1, 0.15) is 50.5 Å². The largest absolute Gasteiger partial charge is 0.313 e. The van der Waals surface area contributed by atoms with Crippen LogP contribution in [-0.2, 0) is 6.54 Å². The number of nitrogens with one attached hydrogen (secondary N) is 1. The summed E-state index contributed by atoms with van der Waals surface area (Å²) in [4.78, 5) is 0. The Labute approximate surface area is 103 Å². The van der Waals surface area contributed by atoms with Crippen LogP contribution >= 0.6 is 11.3 Å². The van der Waals surface area contributed by atoms with Gasteiger partial charge in [0.05, 0.1) is 0 Å². The van der Waals surface area contributed by atoms with Gasteiger partial charge in [0.25, 0.3) is 0 Å². The van der Waals surface area contributed by atoms with E-state index < -0.39 is 0 Å². The maximum absolute atomic E-state index is 3.52. The van der Waals surface area contributed by atoms with Gasteiger partial charge in [-0.3, -0.25) is 0 Å². The van der Waals surface area contributed by atoms with Crippen molar-refractivity contribution in [2.75, 3.05) is 6.54 Å². The van der Waals surface area contributed by atoms with Crippen LogP contribution in [0.2, 0.25) is 0 Å². The van der Waals surface area contributed by atoms with Crippen LogP contribution in [0.15, 0.2) is 16.8 Å². The van der Waals surface area contributed by atoms with Crippen molar-refractivity contribution in [2.24, 2.45) is 5.92 Å². The van der Waals surface area contributed by atoms with Crippen molar-refractivity contribution in [1.82, 2.24) is 5.32 Å².